The third-order valence-electron chi connectivity index (χ3n) is 2.81. The maximum absolute atomic E-state index is 8.26. The maximum atomic E-state index is 8.26. The molecule has 15 heavy (non-hydrogen) atoms. The number of nitrogens with zero attached hydrogens (tertiary/aromatic N) is 4. The fourth-order valence-corrected chi connectivity index (χ4v) is 1.85. The molecule has 1 aliphatic rings. The van der Waals surface area contributed by atoms with Crippen molar-refractivity contribution in [2.24, 2.45) is 5.11 Å². The van der Waals surface area contributed by atoms with E-state index in [9.17, 15) is 0 Å². The summed E-state index contributed by atoms with van der Waals surface area (Å²) in [6.07, 6.45) is 0. The first-order chi connectivity index (χ1) is 7.29. The summed E-state index contributed by atoms with van der Waals surface area (Å²) < 4.78 is 0. The van der Waals surface area contributed by atoms with Gasteiger partial charge in [0.1, 0.15) is 0 Å². The zero-order chi connectivity index (χ0) is 10.7. The Labute approximate surface area is 89.1 Å². The van der Waals surface area contributed by atoms with Gasteiger partial charge in [-0.15, -0.1) is 0 Å². The Morgan fingerprint density at radius 3 is 2.87 bits per heavy atom. The van der Waals surface area contributed by atoms with Gasteiger partial charge in [0.15, 0.2) is 0 Å². The normalized spacial score (nSPS) is 16.9. The number of hydrogen-bond donors (Lipinski definition) is 0. The predicted molar refractivity (Wildman–Crippen MR) is 59.4 cm³/mol. The lowest BCUT2D eigenvalue weighted by molar-refractivity contribution is 0.142. The molecule has 0 atom stereocenters. The lowest BCUT2D eigenvalue weighted by atomic mass is 10.0. The van der Waals surface area contributed by atoms with Crippen LogP contribution in [0.1, 0.15) is 11.1 Å². The molecule has 4 nitrogen and oxygen atoms in total. The molecule has 0 bridgehead atoms. The molecule has 0 amide bonds. The van der Waals surface area contributed by atoms with Crippen LogP contribution in [0.15, 0.2) is 29.4 Å². The smallest absolute Gasteiger partial charge is 0.0628 e. The molecule has 1 saturated heterocycles. The van der Waals surface area contributed by atoms with Crippen molar-refractivity contribution in [2.45, 2.75) is 19.5 Å². The summed E-state index contributed by atoms with van der Waals surface area (Å²) in [6.45, 7) is 4.86. The Morgan fingerprint density at radius 2 is 2.20 bits per heavy atom. The van der Waals surface area contributed by atoms with Gasteiger partial charge in [-0.05, 0) is 23.6 Å². The largest absolute Gasteiger partial charge is 0.298 e. The molecule has 0 N–H and O–H groups in total. The van der Waals surface area contributed by atoms with Gasteiger partial charge in [0.05, 0.1) is 6.04 Å². The molecule has 0 aliphatic carbocycles. The second-order valence-corrected chi connectivity index (χ2v) is 3.98. The van der Waals surface area contributed by atoms with Gasteiger partial charge in [-0.1, -0.05) is 29.4 Å². The number of azide groups is 1. The minimum atomic E-state index is 0.180. The second kappa shape index (κ2) is 4.34. The van der Waals surface area contributed by atoms with Gasteiger partial charge in [0, 0.05) is 24.5 Å². The Hall–Kier alpha value is -1.51. The van der Waals surface area contributed by atoms with E-state index in [2.05, 4.69) is 46.1 Å². The first kappa shape index (κ1) is 10.0. The van der Waals surface area contributed by atoms with E-state index < -0.39 is 0 Å². The van der Waals surface area contributed by atoms with Crippen molar-refractivity contribution < 1.29 is 0 Å². The van der Waals surface area contributed by atoms with Crippen LogP contribution in [0.25, 0.3) is 10.4 Å². The van der Waals surface area contributed by atoms with Crippen molar-refractivity contribution in [3.8, 4) is 0 Å². The number of likely N-dealkylation sites (tertiary alicyclic amines) is 1. The van der Waals surface area contributed by atoms with Crippen LogP contribution in [-0.4, -0.2) is 24.0 Å². The third kappa shape index (κ3) is 2.29. The Balaban J connectivity index is 1.90. The first-order valence-corrected chi connectivity index (χ1v) is 5.10. The highest BCUT2D eigenvalue weighted by atomic mass is 15.3. The third-order valence-corrected chi connectivity index (χ3v) is 2.81. The molecule has 1 aromatic rings. The molecular weight excluding hydrogens is 188 g/mol. The molecule has 0 unspecified atom stereocenters. The van der Waals surface area contributed by atoms with E-state index >= 15 is 0 Å². The number of aryl methyl sites for hydroxylation is 1. The molecule has 1 heterocycles. The molecule has 78 valence electrons. The summed E-state index contributed by atoms with van der Waals surface area (Å²) in [5.74, 6) is 0. The van der Waals surface area contributed by atoms with Gasteiger partial charge in [0.2, 0.25) is 0 Å². The van der Waals surface area contributed by atoms with E-state index in [1.54, 1.807) is 0 Å². The highest BCUT2D eigenvalue weighted by Crippen LogP contribution is 2.17. The van der Waals surface area contributed by atoms with Crippen LogP contribution in [-0.2, 0) is 6.54 Å². The highest BCUT2D eigenvalue weighted by molar-refractivity contribution is 5.25. The fraction of sp³-hybridized carbons (Fsp3) is 0.455. The molecule has 0 radical (unpaired) electrons. The number of rotatable bonds is 3. The van der Waals surface area contributed by atoms with Crippen molar-refractivity contribution in [2.75, 3.05) is 13.1 Å². The summed E-state index contributed by atoms with van der Waals surface area (Å²) in [5, 5.41) is 3.68. The summed E-state index contributed by atoms with van der Waals surface area (Å²) in [6, 6.07) is 8.57. The average molecular weight is 202 g/mol. The summed E-state index contributed by atoms with van der Waals surface area (Å²) >= 11 is 0. The van der Waals surface area contributed by atoms with Crippen molar-refractivity contribution in [1.29, 1.82) is 0 Å². The van der Waals surface area contributed by atoms with Crippen molar-refractivity contribution in [3.63, 3.8) is 0 Å². The lowest BCUT2D eigenvalue weighted by Gasteiger charge is -2.36. The molecule has 1 aromatic carbocycles. The van der Waals surface area contributed by atoms with Crippen molar-refractivity contribution >= 4 is 0 Å². The predicted octanol–water partition coefficient (Wildman–Crippen LogP) is 2.49. The van der Waals surface area contributed by atoms with Crippen LogP contribution in [0.2, 0.25) is 0 Å². The zero-order valence-electron chi connectivity index (χ0n) is 8.80. The summed E-state index contributed by atoms with van der Waals surface area (Å²) in [4.78, 5) is 5.11. The molecule has 0 aromatic heterocycles. The van der Waals surface area contributed by atoms with Gasteiger partial charge >= 0.3 is 0 Å². The van der Waals surface area contributed by atoms with Crippen LogP contribution in [0, 0.1) is 6.92 Å². The minimum Gasteiger partial charge on any atom is -0.298 e. The van der Waals surface area contributed by atoms with Crippen LogP contribution in [0.5, 0.6) is 0 Å². The summed E-state index contributed by atoms with van der Waals surface area (Å²) in [5.41, 5.74) is 10.9. The van der Waals surface area contributed by atoms with Crippen LogP contribution in [0.4, 0.5) is 0 Å². The molecule has 0 spiro atoms. The van der Waals surface area contributed by atoms with Gasteiger partial charge < -0.3 is 0 Å². The van der Waals surface area contributed by atoms with E-state index in [0.717, 1.165) is 19.6 Å². The van der Waals surface area contributed by atoms with Crippen LogP contribution < -0.4 is 0 Å². The van der Waals surface area contributed by atoms with Crippen LogP contribution in [0.3, 0.4) is 0 Å². The first-order valence-electron chi connectivity index (χ1n) is 5.10. The average Bonchev–Trinajstić information content (AvgIpc) is 2.18. The zero-order valence-corrected chi connectivity index (χ0v) is 8.80. The summed E-state index contributed by atoms with van der Waals surface area (Å²) in [7, 11) is 0. The topological polar surface area (TPSA) is 52.0 Å². The maximum Gasteiger partial charge on any atom is 0.0628 e. The van der Waals surface area contributed by atoms with Gasteiger partial charge in [0.25, 0.3) is 0 Å². The monoisotopic (exact) mass is 202 g/mol. The van der Waals surface area contributed by atoms with Gasteiger partial charge in [-0.2, -0.15) is 0 Å². The quantitative estimate of drug-likeness (QED) is 0.422. The fourth-order valence-electron chi connectivity index (χ4n) is 1.85. The van der Waals surface area contributed by atoms with E-state index in [1.807, 2.05) is 0 Å². The molecular formula is C11H14N4. The van der Waals surface area contributed by atoms with E-state index in [1.165, 1.54) is 11.1 Å². The lowest BCUT2D eigenvalue weighted by Crippen LogP contribution is -2.48. The number of benzene rings is 1. The SMILES string of the molecule is Cc1ccccc1CN1CC(N=[N+]=[N-])C1. The molecule has 0 saturated carbocycles. The van der Waals surface area contributed by atoms with Crippen molar-refractivity contribution in [1.82, 2.24) is 4.90 Å². The van der Waals surface area contributed by atoms with Crippen molar-refractivity contribution in [3.05, 3.63) is 45.8 Å². The van der Waals surface area contributed by atoms with E-state index in [-0.39, 0.29) is 6.04 Å². The second-order valence-electron chi connectivity index (χ2n) is 3.98. The standard InChI is InChI=1S/C11H14N4/c1-9-4-2-3-5-10(9)6-15-7-11(8-15)13-14-12/h2-5,11H,6-8H2,1H3. The Morgan fingerprint density at radius 1 is 1.47 bits per heavy atom. The van der Waals surface area contributed by atoms with Crippen LogP contribution >= 0.6 is 0 Å². The van der Waals surface area contributed by atoms with Gasteiger partial charge in [-0.3, -0.25) is 4.90 Å². The number of hydrogen-bond acceptors (Lipinski definition) is 2. The van der Waals surface area contributed by atoms with E-state index in [4.69, 9.17) is 5.53 Å². The van der Waals surface area contributed by atoms with Gasteiger partial charge in [-0.25, -0.2) is 0 Å². The Kier molecular flexibility index (Phi) is 2.90. The Bertz CT molecular complexity index is 389. The molecule has 1 aliphatic heterocycles. The molecule has 4 heteroatoms. The minimum absolute atomic E-state index is 0.180. The molecule has 1 fully saturated rings. The molecule has 2 rings (SSSR count). The van der Waals surface area contributed by atoms with E-state index in [0.29, 0.717) is 0 Å². The highest BCUT2D eigenvalue weighted by Gasteiger charge is 2.25.